The Morgan fingerprint density at radius 2 is 2.30 bits per heavy atom. The first-order valence-electron chi connectivity index (χ1n) is 3.10. The van der Waals surface area contributed by atoms with Gasteiger partial charge in [-0.25, -0.2) is 4.79 Å². The van der Waals surface area contributed by atoms with Crippen molar-refractivity contribution in [2.75, 3.05) is 6.61 Å². The minimum absolute atomic E-state index is 0. The average Bonchev–Trinajstić information content (AvgIpc) is 1.89. The van der Waals surface area contributed by atoms with Crippen LogP contribution in [0.2, 0.25) is 0 Å². The van der Waals surface area contributed by atoms with E-state index in [1.807, 2.05) is 6.92 Å². The third kappa shape index (κ3) is 7.73. The minimum atomic E-state index is -0.330. The molecule has 0 spiro atoms. The van der Waals surface area contributed by atoms with E-state index in [4.69, 9.17) is 0 Å². The molecule has 0 aliphatic heterocycles. The van der Waals surface area contributed by atoms with Gasteiger partial charge in [0.25, 0.3) is 0 Å². The van der Waals surface area contributed by atoms with Crippen LogP contribution in [0.5, 0.6) is 0 Å². The van der Waals surface area contributed by atoms with Gasteiger partial charge in [0.1, 0.15) is 0 Å². The van der Waals surface area contributed by atoms with Crippen molar-refractivity contribution in [3.05, 3.63) is 12.7 Å². The van der Waals surface area contributed by atoms with Gasteiger partial charge in [0, 0.05) is 6.08 Å². The number of unbranched alkanes of at least 4 members (excludes halogenated alkanes) is 1. The first kappa shape index (κ1) is 12.4. The first-order chi connectivity index (χ1) is 4.31. The number of esters is 1. The van der Waals surface area contributed by atoms with E-state index in [2.05, 4.69) is 11.3 Å². The van der Waals surface area contributed by atoms with Crippen molar-refractivity contribution in [1.82, 2.24) is 0 Å². The van der Waals surface area contributed by atoms with Gasteiger partial charge in [-0.15, -0.1) is 0 Å². The van der Waals surface area contributed by atoms with E-state index < -0.39 is 0 Å². The topological polar surface area (TPSA) is 26.3 Å². The van der Waals surface area contributed by atoms with E-state index >= 15 is 0 Å². The Kier molecular flexibility index (Phi) is 10.8. The Morgan fingerprint density at radius 3 is 2.70 bits per heavy atom. The normalized spacial score (nSPS) is 7.70. The Bertz CT molecular complexity index is 102. The molecule has 0 rings (SSSR count). The number of carbonyl (C=O) groups is 1. The van der Waals surface area contributed by atoms with E-state index in [1.54, 1.807) is 0 Å². The van der Waals surface area contributed by atoms with Gasteiger partial charge in [0.2, 0.25) is 0 Å². The Morgan fingerprint density at radius 1 is 1.70 bits per heavy atom. The Balaban J connectivity index is 0. The van der Waals surface area contributed by atoms with E-state index in [0.717, 1.165) is 12.8 Å². The van der Waals surface area contributed by atoms with Crippen LogP contribution in [0.15, 0.2) is 12.7 Å². The predicted molar refractivity (Wildman–Crippen MR) is 44.6 cm³/mol. The summed E-state index contributed by atoms with van der Waals surface area (Å²) < 4.78 is 4.67. The van der Waals surface area contributed by atoms with Crippen LogP contribution in [0.4, 0.5) is 0 Å². The molecule has 0 fully saturated rings. The summed E-state index contributed by atoms with van der Waals surface area (Å²) in [6.07, 6.45) is 3.15. The fourth-order valence-corrected chi connectivity index (χ4v) is 0.376. The molecule has 3 heteroatoms. The molecule has 60 valence electrons. The molecule has 0 bridgehead atoms. The van der Waals surface area contributed by atoms with Crippen molar-refractivity contribution in [3.8, 4) is 0 Å². The molecule has 0 aromatic heterocycles. The van der Waals surface area contributed by atoms with Crippen molar-refractivity contribution in [3.63, 3.8) is 0 Å². The van der Waals surface area contributed by atoms with Crippen LogP contribution in [-0.2, 0) is 9.53 Å². The third-order valence-corrected chi connectivity index (χ3v) is 0.909. The van der Waals surface area contributed by atoms with Crippen LogP contribution in [0.25, 0.3) is 0 Å². The van der Waals surface area contributed by atoms with E-state index in [1.165, 1.54) is 6.08 Å². The molecule has 0 saturated carbocycles. The molecule has 0 heterocycles. The maximum absolute atomic E-state index is 10.3. The number of carbonyl (C=O) groups excluding carboxylic acids is 1. The standard InChI is InChI=1S/C7H12O2.H2Se/c1-3-5-6-9-7(8)4-2;/h4H,2-3,5-6H2,1H3;1H2. The van der Waals surface area contributed by atoms with Gasteiger partial charge in [-0.1, -0.05) is 19.9 Å². The van der Waals surface area contributed by atoms with Crippen LogP contribution >= 0.6 is 0 Å². The van der Waals surface area contributed by atoms with Gasteiger partial charge in [0.05, 0.1) is 6.61 Å². The number of hydrogen-bond acceptors (Lipinski definition) is 2. The number of rotatable bonds is 4. The molecule has 0 saturated heterocycles. The molecule has 0 aliphatic carbocycles. The summed E-state index contributed by atoms with van der Waals surface area (Å²) >= 11 is 0. The fraction of sp³-hybridized carbons (Fsp3) is 0.571. The number of hydrogen-bond donors (Lipinski definition) is 0. The van der Waals surface area contributed by atoms with Crippen LogP contribution in [-0.4, -0.2) is 29.6 Å². The fourth-order valence-electron chi connectivity index (χ4n) is 0.376. The second-order valence-electron chi connectivity index (χ2n) is 1.73. The second kappa shape index (κ2) is 8.73. The summed E-state index contributed by atoms with van der Waals surface area (Å²) in [5.74, 6) is -0.330. The summed E-state index contributed by atoms with van der Waals surface area (Å²) in [4.78, 5) is 10.3. The molecular formula is C7H14O2Se. The van der Waals surface area contributed by atoms with Crippen molar-refractivity contribution < 1.29 is 9.53 Å². The molecule has 0 atom stereocenters. The second-order valence-corrected chi connectivity index (χ2v) is 1.73. The monoisotopic (exact) mass is 210 g/mol. The predicted octanol–water partition coefficient (Wildman–Crippen LogP) is 0.599. The maximum atomic E-state index is 10.3. The quantitative estimate of drug-likeness (QED) is 0.293. The van der Waals surface area contributed by atoms with Crippen LogP contribution in [0.1, 0.15) is 19.8 Å². The molecule has 0 aromatic carbocycles. The van der Waals surface area contributed by atoms with Gasteiger partial charge < -0.3 is 4.74 Å². The zero-order chi connectivity index (χ0) is 7.11. The zero-order valence-electron chi connectivity index (χ0n) is 6.22. The Labute approximate surface area is 72.1 Å². The summed E-state index contributed by atoms with van der Waals surface area (Å²) in [7, 11) is 0. The molecule has 0 N–H and O–H groups in total. The molecule has 0 amide bonds. The molecule has 0 unspecified atom stereocenters. The molecule has 10 heavy (non-hydrogen) atoms. The SMILES string of the molecule is C=CC(=O)OCCCC.[SeH2]. The summed E-state index contributed by atoms with van der Waals surface area (Å²) in [6.45, 7) is 5.82. The van der Waals surface area contributed by atoms with Gasteiger partial charge in [-0.3, -0.25) is 0 Å². The van der Waals surface area contributed by atoms with E-state index in [0.29, 0.717) is 6.61 Å². The van der Waals surface area contributed by atoms with Crippen LogP contribution < -0.4 is 0 Å². The Hall–Kier alpha value is -0.271. The van der Waals surface area contributed by atoms with Crippen LogP contribution in [0.3, 0.4) is 0 Å². The number of ether oxygens (including phenoxy) is 1. The zero-order valence-corrected chi connectivity index (χ0v) is 8.32. The van der Waals surface area contributed by atoms with Gasteiger partial charge in [0.15, 0.2) is 0 Å². The van der Waals surface area contributed by atoms with E-state index in [-0.39, 0.29) is 23.0 Å². The van der Waals surface area contributed by atoms with Gasteiger partial charge in [-0.2, -0.15) is 0 Å². The van der Waals surface area contributed by atoms with Crippen molar-refractivity contribution in [1.29, 1.82) is 0 Å². The third-order valence-electron chi connectivity index (χ3n) is 0.909. The van der Waals surface area contributed by atoms with Crippen molar-refractivity contribution in [2.45, 2.75) is 19.8 Å². The summed E-state index contributed by atoms with van der Waals surface area (Å²) in [5, 5.41) is 0. The van der Waals surface area contributed by atoms with E-state index in [9.17, 15) is 4.79 Å². The molecular weight excluding hydrogens is 195 g/mol. The summed E-state index contributed by atoms with van der Waals surface area (Å²) in [6, 6.07) is 0. The molecule has 0 aliphatic rings. The van der Waals surface area contributed by atoms with Crippen LogP contribution in [0, 0.1) is 0 Å². The van der Waals surface area contributed by atoms with Crippen molar-refractivity contribution >= 4 is 23.0 Å². The first-order valence-corrected chi connectivity index (χ1v) is 3.10. The van der Waals surface area contributed by atoms with Gasteiger partial charge >= 0.3 is 23.0 Å². The average molecular weight is 209 g/mol. The van der Waals surface area contributed by atoms with Gasteiger partial charge in [-0.05, 0) is 6.42 Å². The molecule has 0 radical (unpaired) electrons. The molecule has 0 aromatic rings. The summed E-state index contributed by atoms with van der Waals surface area (Å²) in [5.41, 5.74) is 0. The van der Waals surface area contributed by atoms with Crippen molar-refractivity contribution in [2.24, 2.45) is 0 Å². The molecule has 2 nitrogen and oxygen atoms in total.